The fraction of sp³-hybridized carbons (Fsp3) is 0. The lowest BCUT2D eigenvalue weighted by Crippen LogP contribution is -2.15. The summed E-state index contributed by atoms with van der Waals surface area (Å²) in [4.78, 5) is 2.92. The first-order valence-corrected chi connectivity index (χ1v) is 7.05. The first-order chi connectivity index (χ1) is 9.29. The van der Waals surface area contributed by atoms with Gasteiger partial charge in [0.05, 0.1) is 10.7 Å². The molecule has 9 heteroatoms. The minimum absolute atomic E-state index is 0.232. The van der Waals surface area contributed by atoms with E-state index in [4.69, 9.17) is 17.3 Å². The van der Waals surface area contributed by atoms with E-state index in [1.54, 1.807) is 0 Å². The Kier molecular flexibility index (Phi) is 3.78. The molecule has 0 saturated heterocycles. The maximum atomic E-state index is 13.1. The molecule has 0 radical (unpaired) electrons. The standard InChI is InChI=1S/C11H8ClF2N3O2S/c12-6-4-7(13)8(15)5-9(6)20(18,19)17-11-3-1-2-10(14)16-11/h1-5H,15H2,(H,16,17). The van der Waals surface area contributed by atoms with Gasteiger partial charge in [-0.1, -0.05) is 17.7 Å². The van der Waals surface area contributed by atoms with E-state index in [0.29, 0.717) is 0 Å². The van der Waals surface area contributed by atoms with Gasteiger partial charge in [0.2, 0.25) is 5.95 Å². The highest BCUT2D eigenvalue weighted by molar-refractivity contribution is 7.92. The third-order valence-electron chi connectivity index (χ3n) is 2.29. The lowest BCUT2D eigenvalue weighted by Gasteiger charge is -2.10. The van der Waals surface area contributed by atoms with Crippen molar-refractivity contribution in [2.45, 2.75) is 4.90 Å². The van der Waals surface area contributed by atoms with Crippen molar-refractivity contribution in [3.63, 3.8) is 0 Å². The minimum Gasteiger partial charge on any atom is -0.396 e. The molecule has 0 aliphatic rings. The summed E-state index contributed by atoms with van der Waals surface area (Å²) < 4.78 is 52.2. The second-order valence-corrected chi connectivity index (χ2v) is 5.81. The average molecular weight is 320 g/mol. The summed E-state index contributed by atoms with van der Waals surface area (Å²) >= 11 is 5.67. The Morgan fingerprint density at radius 3 is 2.60 bits per heavy atom. The molecule has 106 valence electrons. The Morgan fingerprint density at radius 2 is 1.95 bits per heavy atom. The van der Waals surface area contributed by atoms with Gasteiger partial charge in [0.15, 0.2) is 0 Å². The van der Waals surface area contributed by atoms with E-state index in [1.807, 2.05) is 4.72 Å². The molecule has 0 aliphatic heterocycles. The van der Waals surface area contributed by atoms with Gasteiger partial charge in [0, 0.05) is 0 Å². The van der Waals surface area contributed by atoms with Crippen molar-refractivity contribution in [3.8, 4) is 0 Å². The highest BCUT2D eigenvalue weighted by Gasteiger charge is 2.20. The van der Waals surface area contributed by atoms with Crippen molar-refractivity contribution in [1.29, 1.82) is 0 Å². The maximum absolute atomic E-state index is 13.1. The molecule has 0 saturated carbocycles. The third kappa shape index (κ3) is 2.97. The van der Waals surface area contributed by atoms with Crippen molar-refractivity contribution in [3.05, 3.63) is 47.1 Å². The maximum Gasteiger partial charge on any atom is 0.264 e. The highest BCUT2D eigenvalue weighted by Crippen LogP contribution is 2.27. The molecular formula is C11H8ClF2N3O2S. The second-order valence-electron chi connectivity index (χ2n) is 3.76. The number of sulfonamides is 1. The van der Waals surface area contributed by atoms with E-state index < -0.39 is 26.7 Å². The van der Waals surface area contributed by atoms with Gasteiger partial charge in [-0.2, -0.15) is 4.39 Å². The van der Waals surface area contributed by atoms with Gasteiger partial charge in [-0.3, -0.25) is 4.72 Å². The van der Waals surface area contributed by atoms with Gasteiger partial charge >= 0.3 is 0 Å². The molecule has 2 aromatic rings. The van der Waals surface area contributed by atoms with Crippen LogP contribution in [0.3, 0.4) is 0 Å². The van der Waals surface area contributed by atoms with Crippen LogP contribution in [0.2, 0.25) is 5.02 Å². The van der Waals surface area contributed by atoms with Crippen molar-refractivity contribution >= 4 is 33.1 Å². The number of nitrogen functional groups attached to an aromatic ring is 1. The van der Waals surface area contributed by atoms with Crippen molar-refractivity contribution in [1.82, 2.24) is 4.98 Å². The zero-order valence-electron chi connectivity index (χ0n) is 9.77. The third-order valence-corrected chi connectivity index (χ3v) is 4.11. The van der Waals surface area contributed by atoms with Gasteiger partial charge in [0.1, 0.15) is 16.5 Å². The first-order valence-electron chi connectivity index (χ1n) is 5.19. The van der Waals surface area contributed by atoms with Crippen LogP contribution in [0.5, 0.6) is 0 Å². The van der Waals surface area contributed by atoms with E-state index >= 15 is 0 Å². The van der Waals surface area contributed by atoms with Crippen molar-refractivity contribution < 1.29 is 17.2 Å². The molecule has 3 N–H and O–H groups in total. The number of hydrogen-bond acceptors (Lipinski definition) is 4. The number of anilines is 2. The molecule has 5 nitrogen and oxygen atoms in total. The summed E-state index contributed by atoms with van der Waals surface area (Å²) in [6.45, 7) is 0. The van der Waals surface area contributed by atoms with E-state index in [9.17, 15) is 17.2 Å². The first kappa shape index (κ1) is 14.5. The molecule has 1 heterocycles. The zero-order chi connectivity index (χ0) is 14.9. The number of halogens is 3. The van der Waals surface area contributed by atoms with E-state index in [2.05, 4.69) is 4.98 Å². The van der Waals surface area contributed by atoms with Crippen LogP contribution in [0, 0.1) is 11.8 Å². The number of aromatic nitrogens is 1. The average Bonchev–Trinajstić information content (AvgIpc) is 2.33. The quantitative estimate of drug-likeness (QED) is 0.672. The largest absolute Gasteiger partial charge is 0.396 e. The molecular weight excluding hydrogens is 312 g/mol. The number of nitrogens with zero attached hydrogens (tertiary/aromatic N) is 1. The minimum atomic E-state index is -4.16. The topological polar surface area (TPSA) is 85.1 Å². The predicted octanol–water partition coefficient (Wildman–Crippen LogP) is 2.40. The monoisotopic (exact) mass is 319 g/mol. The number of rotatable bonds is 3. The molecule has 0 spiro atoms. The van der Waals surface area contributed by atoms with Crippen LogP contribution in [0.25, 0.3) is 0 Å². The molecule has 20 heavy (non-hydrogen) atoms. The van der Waals surface area contributed by atoms with Gasteiger partial charge in [-0.05, 0) is 24.3 Å². The van der Waals surface area contributed by atoms with Crippen LogP contribution >= 0.6 is 11.6 Å². The Labute approximate surface area is 118 Å². The SMILES string of the molecule is Nc1cc(S(=O)(=O)Nc2cccc(F)n2)c(Cl)cc1F. The summed E-state index contributed by atoms with van der Waals surface area (Å²) in [5.74, 6) is -1.92. The van der Waals surface area contributed by atoms with Crippen molar-refractivity contribution in [2.24, 2.45) is 0 Å². The van der Waals surface area contributed by atoms with Crippen LogP contribution in [0.4, 0.5) is 20.3 Å². The molecule has 0 fully saturated rings. The smallest absolute Gasteiger partial charge is 0.264 e. The molecule has 0 unspecified atom stereocenters. The number of benzene rings is 1. The number of hydrogen-bond donors (Lipinski definition) is 2. The van der Waals surface area contributed by atoms with Crippen LogP contribution < -0.4 is 10.5 Å². The predicted molar refractivity (Wildman–Crippen MR) is 70.8 cm³/mol. The van der Waals surface area contributed by atoms with E-state index in [1.165, 1.54) is 12.1 Å². The van der Waals surface area contributed by atoms with Crippen molar-refractivity contribution in [2.75, 3.05) is 10.5 Å². The summed E-state index contributed by atoms with van der Waals surface area (Å²) in [5, 5.41) is -0.347. The summed E-state index contributed by atoms with van der Waals surface area (Å²) in [5.41, 5.74) is 4.93. The Bertz CT molecular complexity index is 768. The Hall–Kier alpha value is -1.93. The Morgan fingerprint density at radius 1 is 1.25 bits per heavy atom. The lowest BCUT2D eigenvalue weighted by molar-refractivity contribution is 0.584. The van der Waals surface area contributed by atoms with Crippen LogP contribution in [-0.4, -0.2) is 13.4 Å². The van der Waals surface area contributed by atoms with Gasteiger partial charge < -0.3 is 5.73 Å². The van der Waals surface area contributed by atoms with Crippen LogP contribution in [-0.2, 0) is 10.0 Å². The molecule has 1 aromatic heterocycles. The summed E-state index contributed by atoms with van der Waals surface area (Å²) in [6, 6.07) is 5.24. The summed E-state index contributed by atoms with van der Waals surface area (Å²) in [7, 11) is -4.16. The fourth-order valence-electron chi connectivity index (χ4n) is 1.41. The lowest BCUT2D eigenvalue weighted by atomic mass is 10.3. The number of nitrogens with one attached hydrogen (secondary N) is 1. The summed E-state index contributed by atoms with van der Waals surface area (Å²) in [6.07, 6.45) is 0. The molecule has 1 aromatic carbocycles. The number of pyridine rings is 1. The fourth-order valence-corrected chi connectivity index (χ4v) is 2.96. The van der Waals surface area contributed by atoms with Crippen LogP contribution in [0.1, 0.15) is 0 Å². The van der Waals surface area contributed by atoms with Gasteiger partial charge in [-0.25, -0.2) is 17.8 Å². The number of nitrogens with two attached hydrogens (primary N) is 1. The van der Waals surface area contributed by atoms with Gasteiger partial charge in [-0.15, -0.1) is 0 Å². The molecule has 0 aliphatic carbocycles. The van der Waals surface area contributed by atoms with E-state index in [-0.39, 0.29) is 16.5 Å². The molecule has 0 bridgehead atoms. The highest BCUT2D eigenvalue weighted by atomic mass is 35.5. The molecule has 0 amide bonds. The van der Waals surface area contributed by atoms with E-state index in [0.717, 1.165) is 18.2 Å². The molecule has 2 rings (SSSR count). The normalized spacial score (nSPS) is 11.3. The second kappa shape index (κ2) is 5.22. The Balaban J connectivity index is 2.43. The molecule has 0 atom stereocenters. The zero-order valence-corrected chi connectivity index (χ0v) is 11.3. The van der Waals surface area contributed by atoms with Gasteiger partial charge in [0.25, 0.3) is 10.0 Å². The van der Waals surface area contributed by atoms with Crippen LogP contribution in [0.15, 0.2) is 35.2 Å².